The summed E-state index contributed by atoms with van der Waals surface area (Å²) < 4.78 is 0. The van der Waals surface area contributed by atoms with Crippen molar-refractivity contribution in [2.75, 3.05) is 0 Å². The molecule has 0 nitrogen and oxygen atoms in total. The van der Waals surface area contributed by atoms with Gasteiger partial charge < -0.3 is 0 Å². The fourth-order valence-electron chi connectivity index (χ4n) is 7.98. The van der Waals surface area contributed by atoms with E-state index in [-0.39, 0.29) is 5.41 Å². The van der Waals surface area contributed by atoms with Crippen molar-refractivity contribution in [1.29, 1.82) is 0 Å². The lowest BCUT2D eigenvalue weighted by molar-refractivity contribution is 0.794. The molecule has 0 radical (unpaired) electrons. The predicted molar refractivity (Wildman–Crippen MR) is 176 cm³/mol. The van der Waals surface area contributed by atoms with E-state index in [9.17, 15) is 0 Å². The second-order valence-corrected chi connectivity index (χ2v) is 11.7. The minimum atomic E-state index is -0.338. The van der Waals surface area contributed by atoms with Gasteiger partial charge in [-0.25, -0.2) is 0 Å². The molecule has 0 atom stereocenters. The van der Waals surface area contributed by atoms with Crippen LogP contribution in [0.1, 0.15) is 27.8 Å². The molecule has 0 N–H and O–H groups in total. The van der Waals surface area contributed by atoms with E-state index in [2.05, 4.69) is 159 Å². The summed E-state index contributed by atoms with van der Waals surface area (Å²) in [5.41, 5.74) is 16.9. The van der Waals surface area contributed by atoms with E-state index in [1.54, 1.807) is 0 Å². The van der Waals surface area contributed by atoms with Gasteiger partial charge in [-0.05, 0) is 84.5 Å². The van der Waals surface area contributed by atoms with Crippen molar-refractivity contribution in [2.24, 2.45) is 0 Å². The van der Waals surface area contributed by atoms with Gasteiger partial charge in [0.2, 0.25) is 0 Å². The van der Waals surface area contributed by atoms with Crippen molar-refractivity contribution in [3.05, 3.63) is 179 Å². The summed E-state index contributed by atoms with van der Waals surface area (Å²) in [5, 5.41) is 2.55. The van der Waals surface area contributed by atoms with Gasteiger partial charge in [0.1, 0.15) is 0 Å². The largest absolute Gasteiger partial charge is 0.0725 e. The second-order valence-electron chi connectivity index (χ2n) is 11.7. The maximum Gasteiger partial charge on any atom is 0.0725 e. The topological polar surface area (TPSA) is 0 Å². The number of benzene rings is 7. The molecule has 2 aliphatic carbocycles. The van der Waals surface area contributed by atoms with Gasteiger partial charge in [0.25, 0.3) is 0 Å². The Morgan fingerprint density at radius 3 is 1.67 bits per heavy atom. The van der Waals surface area contributed by atoms with Crippen LogP contribution in [0.15, 0.2) is 152 Å². The Morgan fingerprint density at radius 1 is 0.381 bits per heavy atom. The van der Waals surface area contributed by atoms with Gasteiger partial charge in [-0.3, -0.25) is 0 Å². The van der Waals surface area contributed by atoms with Crippen LogP contribution in [0.4, 0.5) is 0 Å². The van der Waals surface area contributed by atoms with Gasteiger partial charge in [-0.15, -0.1) is 0 Å². The van der Waals surface area contributed by atoms with Crippen LogP contribution < -0.4 is 0 Å². The van der Waals surface area contributed by atoms with E-state index >= 15 is 0 Å². The molecule has 1 spiro atoms. The molecule has 0 heteroatoms. The highest BCUT2D eigenvalue weighted by Crippen LogP contribution is 2.64. The molecular weight excluding hydrogens is 504 g/mol. The highest BCUT2D eigenvalue weighted by molar-refractivity contribution is 6.08. The average Bonchev–Trinajstić information content (AvgIpc) is 3.52. The van der Waals surface area contributed by atoms with E-state index in [4.69, 9.17) is 0 Å². The molecule has 0 fully saturated rings. The van der Waals surface area contributed by atoms with Crippen molar-refractivity contribution in [3.63, 3.8) is 0 Å². The first-order valence-electron chi connectivity index (χ1n) is 14.8. The molecule has 0 bridgehead atoms. The third-order valence-corrected chi connectivity index (χ3v) is 9.55. The maximum absolute atomic E-state index is 2.38. The van der Waals surface area contributed by atoms with Crippen LogP contribution in [-0.2, 0) is 5.41 Å². The normalized spacial score (nSPS) is 13.5. The van der Waals surface area contributed by atoms with Crippen molar-refractivity contribution < 1.29 is 0 Å². The molecule has 0 amide bonds. The lowest BCUT2D eigenvalue weighted by Gasteiger charge is -2.30. The van der Waals surface area contributed by atoms with Crippen molar-refractivity contribution in [2.45, 2.75) is 12.3 Å². The molecule has 7 aromatic rings. The third kappa shape index (κ3) is 2.96. The quantitative estimate of drug-likeness (QED) is 0.208. The zero-order chi connectivity index (χ0) is 27.8. The number of aryl methyl sites for hydroxylation is 1. The Balaban J connectivity index is 1.43. The minimum Gasteiger partial charge on any atom is -0.0619 e. The SMILES string of the molecule is Cc1cccc(-c2c(-c3cccc4c3-c3ccccc3C43c4ccccc4-c4ccccc43)ccc3ccccc23)c1. The van der Waals surface area contributed by atoms with Gasteiger partial charge in [0.05, 0.1) is 5.41 Å². The molecule has 0 heterocycles. The van der Waals surface area contributed by atoms with Gasteiger partial charge >= 0.3 is 0 Å². The standard InChI is InChI=1S/C42H28/c1-27-12-10-14-29(26-27)40-30-15-3-2-13-28(30)24-25-34(40)33-19-11-23-39-41(33)35-18-6-9-22-38(35)42(39)36-20-7-4-16-31(36)32-17-5-8-21-37(32)42/h2-26H,1H3. The van der Waals surface area contributed by atoms with E-state index in [1.807, 2.05) is 0 Å². The number of hydrogen-bond acceptors (Lipinski definition) is 0. The molecular formula is C42H28. The Hall–Kier alpha value is -5.20. The first-order chi connectivity index (χ1) is 20.8. The van der Waals surface area contributed by atoms with Gasteiger partial charge in [0.15, 0.2) is 0 Å². The summed E-state index contributed by atoms with van der Waals surface area (Å²) in [6, 6.07) is 56.6. The number of hydrogen-bond donors (Lipinski definition) is 0. The summed E-state index contributed by atoms with van der Waals surface area (Å²) in [7, 11) is 0. The van der Waals surface area contributed by atoms with Gasteiger partial charge in [-0.1, -0.05) is 157 Å². The number of rotatable bonds is 2. The van der Waals surface area contributed by atoms with Crippen LogP contribution in [0.25, 0.3) is 55.3 Å². The van der Waals surface area contributed by atoms with Crippen LogP contribution in [0.5, 0.6) is 0 Å². The molecule has 0 saturated heterocycles. The van der Waals surface area contributed by atoms with Crippen LogP contribution >= 0.6 is 0 Å². The van der Waals surface area contributed by atoms with Crippen LogP contribution in [-0.4, -0.2) is 0 Å². The fourth-order valence-corrected chi connectivity index (χ4v) is 7.98. The monoisotopic (exact) mass is 532 g/mol. The molecule has 42 heavy (non-hydrogen) atoms. The smallest absolute Gasteiger partial charge is 0.0619 e. The summed E-state index contributed by atoms with van der Waals surface area (Å²) in [5.74, 6) is 0. The molecule has 0 unspecified atom stereocenters. The summed E-state index contributed by atoms with van der Waals surface area (Å²) in [6.07, 6.45) is 0. The lowest BCUT2D eigenvalue weighted by Crippen LogP contribution is -2.25. The Morgan fingerprint density at radius 2 is 0.929 bits per heavy atom. The van der Waals surface area contributed by atoms with Crippen molar-refractivity contribution in [1.82, 2.24) is 0 Å². The van der Waals surface area contributed by atoms with Gasteiger partial charge in [0, 0.05) is 0 Å². The van der Waals surface area contributed by atoms with Crippen LogP contribution in [0.2, 0.25) is 0 Å². The van der Waals surface area contributed by atoms with Crippen LogP contribution in [0, 0.1) is 6.92 Å². The first-order valence-corrected chi connectivity index (χ1v) is 14.8. The predicted octanol–water partition coefficient (Wildman–Crippen LogP) is 10.8. The molecule has 196 valence electrons. The van der Waals surface area contributed by atoms with Crippen molar-refractivity contribution in [3.8, 4) is 44.5 Å². The molecule has 0 aromatic heterocycles. The Bertz CT molecular complexity index is 2170. The molecule has 0 aliphatic heterocycles. The lowest BCUT2D eigenvalue weighted by atomic mass is 9.70. The van der Waals surface area contributed by atoms with Gasteiger partial charge in [-0.2, -0.15) is 0 Å². The molecule has 2 aliphatic rings. The summed E-state index contributed by atoms with van der Waals surface area (Å²) >= 11 is 0. The highest BCUT2D eigenvalue weighted by Gasteiger charge is 2.51. The highest BCUT2D eigenvalue weighted by atomic mass is 14.5. The summed E-state index contributed by atoms with van der Waals surface area (Å²) in [6.45, 7) is 2.18. The molecule has 7 aromatic carbocycles. The fraction of sp³-hybridized carbons (Fsp3) is 0.0476. The Labute approximate surface area is 246 Å². The molecule has 9 rings (SSSR count). The maximum atomic E-state index is 2.38. The Kier molecular flexibility index (Phi) is 4.84. The minimum absolute atomic E-state index is 0.338. The van der Waals surface area contributed by atoms with E-state index in [0.29, 0.717) is 0 Å². The third-order valence-electron chi connectivity index (χ3n) is 9.55. The average molecular weight is 533 g/mol. The second kappa shape index (κ2) is 8.65. The van der Waals surface area contributed by atoms with E-state index in [1.165, 1.54) is 83.1 Å². The summed E-state index contributed by atoms with van der Waals surface area (Å²) in [4.78, 5) is 0. The van der Waals surface area contributed by atoms with Crippen molar-refractivity contribution >= 4 is 10.8 Å². The zero-order valence-corrected chi connectivity index (χ0v) is 23.4. The van der Waals surface area contributed by atoms with E-state index < -0.39 is 0 Å². The van der Waals surface area contributed by atoms with Crippen LogP contribution in [0.3, 0.4) is 0 Å². The van der Waals surface area contributed by atoms with E-state index in [0.717, 1.165) is 0 Å². The zero-order valence-electron chi connectivity index (χ0n) is 23.4. The molecule has 0 saturated carbocycles. The number of fused-ring (bicyclic) bond motifs is 11. The first kappa shape index (κ1) is 23.5.